The van der Waals surface area contributed by atoms with Gasteiger partial charge in [0.2, 0.25) is 0 Å². The van der Waals surface area contributed by atoms with Crippen LogP contribution in [0.3, 0.4) is 0 Å². The van der Waals surface area contributed by atoms with Crippen LogP contribution in [0.2, 0.25) is 0 Å². The Morgan fingerprint density at radius 3 is 1.97 bits per heavy atom. The topological polar surface area (TPSA) is 147 Å². The van der Waals surface area contributed by atoms with Crippen LogP contribution in [0.4, 0.5) is 0 Å². The number of nitrogens with one attached hydrogen (secondary N) is 1. The maximum Gasteiger partial charge on any atom is 0.328 e. The molecule has 0 fully saturated rings. The number of hydrogen-bond acceptors (Lipinski definition) is 6. The molecule has 0 saturated heterocycles. The van der Waals surface area contributed by atoms with Gasteiger partial charge in [0.05, 0.1) is 6.10 Å². The number of phenols is 2. The highest BCUT2D eigenvalue weighted by Crippen LogP contribution is 2.24. The Balaban J connectivity index is 0.000000447. The minimum atomic E-state index is -1.26. The Kier molecular flexibility index (Phi) is 9.94. The van der Waals surface area contributed by atoms with E-state index in [0.717, 1.165) is 6.42 Å². The minimum absolute atomic E-state index is 0.0543. The van der Waals surface area contributed by atoms with E-state index in [2.05, 4.69) is 24.4 Å². The Hall–Kier alpha value is -3.36. The molecule has 0 bridgehead atoms. The SMILES string of the molecule is CC(Cc1ccccc1)NCC(O)c1cc(O)cc(O)c1.O=C(O)/C=C/C(=O)O. The number of benzene rings is 2. The van der Waals surface area contributed by atoms with Crippen LogP contribution in [0.5, 0.6) is 11.5 Å². The molecule has 2 aromatic carbocycles. The highest BCUT2D eigenvalue weighted by molar-refractivity contribution is 5.89. The Bertz CT molecular complexity index is 785. The lowest BCUT2D eigenvalue weighted by atomic mass is 10.1. The van der Waals surface area contributed by atoms with Crippen molar-refractivity contribution in [3.05, 3.63) is 71.8 Å². The fourth-order valence-corrected chi connectivity index (χ4v) is 2.42. The molecule has 0 aliphatic heterocycles. The van der Waals surface area contributed by atoms with Crippen molar-refractivity contribution < 1.29 is 35.1 Å². The normalized spacial score (nSPS) is 12.6. The van der Waals surface area contributed by atoms with Crippen molar-refractivity contribution in [2.24, 2.45) is 0 Å². The maximum atomic E-state index is 10.1. The zero-order chi connectivity index (χ0) is 21.8. The molecule has 29 heavy (non-hydrogen) atoms. The zero-order valence-electron chi connectivity index (χ0n) is 15.9. The molecule has 0 aliphatic carbocycles. The summed E-state index contributed by atoms with van der Waals surface area (Å²) < 4.78 is 0. The van der Waals surface area contributed by atoms with E-state index in [4.69, 9.17) is 10.2 Å². The highest BCUT2D eigenvalue weighted by atomic mass is 16.4. The smallest absolute Gasteiger partial charge is 0.328 e. The molecular weight excluding hydrogens is 378 g/mol. The zero-order valence-corrected chi connectivity index (χ0v) is 15.9. The molecule has 2 rings (SSSR count). The Labute approximate surface area is 168 Å². The second-order valence-corrected chi connectivity index (χ2v) is 6.31. The van der Waals surface area contributed by atoms with Gasteiger partial charge in [-0.2, -0.15) is 0 Å². The molecule has 2 unspecified atom stereocenters. The molecule has 0 amide bonds. The van der Waals surface area contributed by atoms with E-state index >= 15 is 0 Å². The first kappa shape index (κ1) is 23.7. The van der Waals surface area contributed by atoms with Gasteiger partial charge in [-0.25, -0.2) is 9.59 Å². The van der Waals surface area contributed by atoms with Crippen molar-refractivity contribution in [2.45, 2.75) is 25.5 Å². The van der Waals surface area contributed by atoms with Crippen molar-refractivity contribution >= 4 is 11.9 Å². The first-order valence-corrected chi connectivity index (χ1v) is 8.79. The van der Waals surface area contributed by atoms with Crippen LogP contribution in [0.1, 0.15) is 24.2 Å². The molecule has 2 atom stereocenters. The Morgan fingerprint density at radius 1 is 0.966 bits per heavy atom. The summed E-state index contributed by atoms with van der Waals surface area (Å²) in [6, 6.07) is 14.5. The number of hydrogen-bond donors (Lipinski definition) is 6. The quantitative estimate of drug-likeness (QED) is 0.367. The third kappa shape index (κ3) is 10.5. The molecule has 0 heterocycles. The number of carboxylic acids is 2. The predicted octanol–water partition coefficient (Wildman–Crippen LogP) is 2.06. The summed E-state index contributed by atoms with van der Waals surface area (Å²) >= 11 is 0. The number of aliphatic hydroxyl groups is 1. The summed E-state index contributed by atoms with van der Waals surface area (Å²) in [5, 5.41) is 47.8. The summed E-state index contributed by atoms with van der Waals surface area (Å²) in [4.78, 5) is 19.1. The van der Waals surface area contributed by atoms with Gasteiger partial charge in [-0.15, -0.1) is 0 Å². The lowest BCUT2D eigenvalue weighted by Crippen LogP contribution is -2.32. The van der Waals surface area contributed by atoms with Crippen LogP contribution in [0.15, 0.2) is 60.7 Å². The second-order valence-electron chi connectivity index (χ2n) is 6.31. The molecule has 2 aromatic rings. The van der Waals surface area contributed by atoms with Gasteiger partial charge in [0, 0.05) is 30.8 Å². The molecule has 0 aliphatic rings. The van der Waals surface area contributed by atoms with Gasteiger partial charge in [-0.3, -0.25) is 0 Å². The number of aromatic hydroxyl groups is 2. The minimum Gasteiger partial charge on any atom is -0.508 e. The van der Waals surface area contributed by atoms with Crippen LogP contribution in [-0.4, -0.2) is 50.1 Å². The number of aliphatic carboxylic acids is 2. The molecule has 8 nitrogen and oxygen atoms in total. The fourth-order valence-electron chi connectivity index (χ4n) is 2.42. The molecule has 0 saturated carbocycles. The molecule has 0 radical (unpaired) electrons. The molecular formula is C21H25NO7. The molecule has 6 N–H and O–H groups in total. The maximum absolute atomic E-state index is 10.1. The van der Waals surface area contributed by atoms with E-state index in [1.807, 2.05) is 18.2 Å². The van der Waals surface area contributed by atoms with Gasteiger partial charge in [0.25, 0.3) is 0 Å². The summed E-state index contributed by atoms with van der Waals surface area (Å²) in [6.45, 7) is 2.41. The standard InChI is InChI=1S/C17H21NO3.C4H4O4/c1-12(7-13-5-3-2-4-6-13)18-11-17(21)14-8-15(19)10-16(20)9-14;5-3(6)1-2-4(7)8/h2-6,8-10,12,17-21H,7,11H2,1H3;1-2H,(H,5,6)(H,7,8)/b;2-1+. The van der Waals surface area contributed by atoms with E-state index in [-0.39, 0.29) is 17.5 Å². The number of rotatable bonds is 8. The monoisotopic (exact) mass is 403 g/mol. The number of carbonyl (C=O) groups is 2. The number of aliphatic hydroxyl groups excluding tert-OH is 1. The third-order valence-electron chi connectivity index (χ3n) is 3.72. The van der Waals surface area contributed by atoms with Crippen molar-refractivity contribution in [1.29, 1.82) is 0 Å². The second kappa shape index (κ2) is 12.2. The predicted molar refractivity (Wildman–Crippen MR) is 107 cm³/mol. The number of phenolic OH excluding ortho intramolecular Hbond substituents is 2. The average molecular weight is 403 g/mol. The summed E-state index contributed by atoms with van der Waals surface area (Å²) in [7, 11) is 0. The molecule has 8 heteroatoms. The van der Waals surface area contributed by atoms with Gasteiger partial charge >= 0.3 is 11.9 Å². The summed E-state index contributed by atoms with van der Waals surface area (Å²) in [5.74, 6) is -2.62. The van der Waals surface area contributed by atoms with E-state index in [1.54, 1.807) is 0 Å². The summed E-state index contributed by atoms with van der Waals surface area (Å²) in [6.07, 6.45) is 1.21. The van der Waals surface area contributed by atoms with E-state index < -0.39 is 18.0 Å². The average Bonchev–Trinajstić information content (AvgIpc) is 2.65. The summed E-state index contributed by atoms with van der Waals surface area (Å²) in [5.41, 5.74) is 1.73. The van der Waals surface area contributed by atoms with E-state index in [1.165, 1.54) is 23.8 Å². The van der Waals surface area contributed by atoms with Crippen molar-refractivity contribution in [3.8, 4) is 11.5 Å². The first-order valence-electron chi connectivity index (χ1n) is 8.79. The van der Waals surface area contributed by atoms with Gasteiger partial charge in [-0.1, -0.05) is 30.3 Å². The number of carboxylic acid groups (broad SMARTS) is 2. The van der Waals surface area contributed by atoms with Gasteiger partial charge < -0.3 is 30.8 Å². The van der Waals surface area contributed by atoms with Crippen LogP contribution in [0, 0.1) is 0 Å². The van der Waals surface area contributed by atoms with Crippen LogP contribution < -0.4 is 5.32 Å². The fraction of sp³-hybridized carbons (Fsp3) is 0.238. The van der Waals surface area contributed by atoms with Gasteiger partial charge in [0.15, 0.2) is 0 Å². The highest BCUT2D eigenvalue weighted by Gasteiger charge is 2.11. The van der Waals surface area contributed by atoms with Crippen LogP contribution in [0.25, 0.3) is 0 Å². The first-order chi connectivity index (χ1) is 13.7. The van der Waals surface area contributed by atoms with Crippen LogP contribution >= 0.6 is 0 Å². The molecule has 156 valence electrons. The van der Waals surface area contributed by atoms with E-state index in [0.29, 0.717) is 24.3 Å². The molecule has 0 aromatic heterocycles. The van der Waals surface area contributed by atoms with Crippen molar-refractivity contribution in [3.63, 3.8) is 0 Å². The Morgan fingerprint density at radius 2 is 1.48 bits per heavy atom. The third-order valence-corrected chi connectivity index (χ3v) is 3.72. The molecule has 0 spiro atoms. The van der Waals surface area contributed by atoms with Gasteiger partial charge in [-0.05, 0) is 36.6 Å². The largest absolute Gasteiger partial charge is 0.508 e. The lowest BCUT2D eigenvalue weighted by Gasteiger charge is -2.18. The van der Waals surface area contributed by atoms with E-state index in [9.17, 15) is 24.9 Å². The lowest BCUT2D eigenvalue weighted by molar-refractivity contribution is -0.134. The van der Waals surface area contributed by atoms with Gasteiger partial charge in [0.1, 0.15) is 11.5 Å². The van der Waals surface area contributed by atoms with Crippen molar-refractivity contribution in [2.75, 3.05) is 6.54 Å². The van der Waals surface area contributed by atoms with Crippen molar-refractivity contribution in [1.82, 2.24) is 5.32 Å². The van der Waals surface area contributed by atoms with Crippen LogP contribution in [-0.2, 0) is 16.0 Å².